The van der Waals surface area contributed by atoms with Crippen LogP contribution in [0.4, 0.5) is 0 Å². The zero-order valence-corrected chi connectivity index (χ0v) is 12.6. The van der Waals surface area contributed by atoms with Gasteiger partial charge in [-0.15, -0.1) is 0 Å². The van der Waals surface area contributed by atoms with E-state index in [9.17, 15) is 10.1 Å². The monoisotopic (exact) mass is 302 g/mol. The number of methoxy groups -OCH3 is 1. The standard InChI is InChI=1S/C16H15ClN2O2/c1-11-7-13(10-21-2)14(8-18)16(20)19(11)9-12-5-3-4-6-15(12)17/h3-7H,9-10H2,1-2H3. The van der Waals surface area contributed by atoms with E-state index >= 15 is 0 Å². The molecule has 1 aromatic heterocycles. The second-order valence-corrected chi connectivity index (χ2v) is 5.12. The van der Waals surface area contributed by atoms with Gasteiger partial charge in [-0.3, -0.25) is 4.79 Å². The lowest BCUT2D eigenvalue weighted by Gasteiger charge is -2.14. The average molecular weight is 303 g/mol. The van der Waals surface area contributed by atoms with Gasteiger partial charge in [-0.2, -0.15) is 5.26 Å². The lowest BCUT2D eigenvalue weighted by Crippen LogP contribution is -2.27. The van der Waals surface area contributed by atoms with Gasteiger partial charge in [-0.05, 0) is 24.6 Å². The molecule has 108 valence electrons. The van der Waals surface area contributed by atoms with Gasteiger partial charge in [0.2, 0.25) is 0 Å². The quantitative estimate of drug-likeness (QED) is 0.872. The van der Waals surface area contributed by atoms with Crippen molar-refractivity contribution in [2.75, 3.05) is 7.11 Å². The van der Waals surface area contributed by atoms with E-state index < -0.39 is 0 Å². The van der Waals surface area contributed by atoms with Gasteiger partial charge >= 0.3 is 0 Å². The van der Waals surface area contributed by atoms with Crippen LogP contribution in [-0.4, -0.2) is 11.7 Å². The number of hydrogen-bond acceptors (Lipinski definition) is 3. The molecule has 1 aromatic carbocycles. The van der Waals surface area contributed by atoms with Crippen LogP contribution in [0.3, 0.4) is 0 Å². The van der Waals surface area contributed by atoms with E-state index in [0.29, 0.717) is 17.1 Å². The van der Waals surface area contributed by atoms with Gasteiger partial charge in [0, 0.05) is 23.4 Å². The van der Waals surface area contributed by atoms with Crippen molar-refractivity contribution >= 4 is 11.6 Å². The molecule has 1 heterocycles. The predicted molar refractivity (Wildman–Crippen MR) is 81.4 cm³/mol. The summed E-state index contributed by atoms with van der Waals surface area (Å²) >= 11 is 6.13. The number of aryl methyl sites for hydroxylation is 1. The maximum absolute atomic E-state index is 12.5. The molecule has 0 spiro atoms. The molecule has 5 heteroatoms. The molecule has 0 fully saturated rings. The lowest BCUT2D eigenvalue weighted by molar-refractivity contribution is 0.184. The number of pyridine rings is 1. The van der Waals surface area contributed by atoms with Crippen LogP contribution < -0.4 is 5.56 Å². The Kier molecular flexibility index (Phi) is 4.79. The summed E-state index contributed by atoms with van der Waals surface area (Å²) in [5, 5.41) is 9.82. The molecule has 0 N–H and O–H groups in total. The molecule has 0 unspecified atom stereocenters. The van der Waals surface area contributed by atoms with Crippen LogP contribution in [0, 0.1) is 18.3 Å². The number of hydrogen-bond donors (Lipinski definition) is 0. The average Bonchev–Trinajstić information content (AvgIpc) is 2.46. The first-order valence-corrected chi connectivity index (χ1v) is 6.82. The van der Waals surface area contributed by atoms with Crippen LogP contribution in [0.25, 0.3) is 0 Å². The Morgan fingerprint density at radius 2 is 2.05 bits per heavy atom. The fourth-order valence-corrected chi connectivity index (χ4v) is 2.41. The topological polar surface area (TPSA) is 55.0 Å². The first kappa shape index (κ1) is 15.3. The van der Waals surface area contributed by atoms with Crippen LogP contribution in [0.1, 0.15) is 22.4 Å². The molecular formula is C16H15ClN2O2. The Morgan fingerprint density at radius 3 is 2.67 bits per heavy atom. The van der Waals surface area contributed by atoms with E-state index in [0.717, 1.165) is 11.3 Å². The highest BCUT2D eigenvalue weighted by Crippen LogP contribution is 2.17. The molecule has 0 radical (unpaired) electrons. The van der Waals surface area contributed by atoms with Crippen LogP contribution in [0.2, 0.25) is 5.02 Å². The number of halogens is 1. The molecule has 0 saturated carbocycles. The lowest BCUT2D eigenvalue weighted by atomic mass is 10.1. The van der Waals surface area contributed by atoms with Crippen LogP contribution in [0.5, 0.6) is 0 Å². The summed E-state index contributed by atoms with van der Waals surface area (Å²) in [6.07, 6.45) is 0. The van der Waals surface area contributed by atoms with Gasteiger partial charge in [0.1, 0.15) is 11.6 Å². The van der Waals surface area contributed by atoms with Gasteiger partial charge in [0.05, 0.1) is 13.2 Å². The molecule has 0 bridgehead atoms. The first-order valence-electron chi connectivity index (χ1n) is 6.44. The Morgan fingerprint density at radius 1 is 1.33 bits per heavy atom. The predicted octanol–water partition coefficient (Wildman–Crippen LogP) is 2.88. The van der Waals surface area contributed by atoms with Crippen LogP contribution in [-0.2, 0) is 17.9 Å². The minimum Gasteiger partial charge on any atom is -0.380 e. The largest absolute Gasteiger partial charge is 0.380 e. The summed E-state index contributed by atoms with van der Waals surface area (Å²) in [5.41, 5.74) is 2.02. The van der Waals surface area contributed by atoms with Crippen molar-refractivity contribution in [1.82, 2.24) is 4.57 Å². The van der Waals surface area contributed by atoms with Crippen molar-refractivity contribution in [3.05, 3.63) is 68.1 Å². The summed E-state index contributed by atoms with van der Waals surface area (Å²) in [6.45, 7) is 2.41. The van der Waals surface area contributed by atoms with E-state index in [1.165, 1.54) is 7.11 Å². The third-order valence-electron chi connectivity index (χ3n) is 3.29. The van der Waals surface area contributed by atoms with E-state index in [4.69, 9.17) is 16.3 Å². The molecule has 0 saturated heterocycles. The minimum absolute atomic E-state index is 0.120. The second kappa shape index (κ2) is 6.57. The van der Waals surface area contributed by atoms with Crippen molar-refractivity contribution in [3.8, 4) is 6.07 Å². The summed E-state index contributed by atoms with van der Waals surface area (Å²) < 4.78 is 6.59. The van der Waals surface area contributed by atoms with Gasteiger partial charge in [-0.25, -0.2) is 0 Å². The number of nitrogens with zero attached hydrogens (tertiary/aromatic N) is 2. The maximum Gasteiger partial charge on any atom is 0.269 e. The summed E-state index contributed by atoms with van der Waals surface area (Å²) in [5.74, 6) is 0. The molecule has 0 aliphatic heterocycles. The Labute approximate surface area is 128 Å². The van der Waals surface area contributed by atoms with Gasteiger partial charge in [0.25, 0.3) is 5.56 Å². The zero-order valence-electron chi connectivity index (χ0n) is 11.9. The van der Waals surface area contributed by atoms with E-state index in [2.05, 4.69) is 0 Å². The third kappa shape index (κ3) is 3.15. The number of nitriles is 1. The SMILES string of the molecule is COCc1cc(C)n(Cc2ccccc2Cl)c(=O)c1C#N. The van der Waals surface area contributed by atoms with Crippen molar-refractivity contribution in [2.24, 2.45) is 0 Å². The molecule has 0 amide bonds. The Hall–Kier alpha value is -2.09. The third-order valence-corrected chi connectivity index (χ3v) is 3.66. The molecule has 0 atom stereocenters. The minimum atomic E-state index is -0.315. The maximum atomic E-state index is 12.5. The molecule has 2 aromatic rings. The fraction of sp³-hybridized carbons (Fsp3) is 0.250. The van der Waals surface area contributed by atoms with Gasteiger partial charge in [0.15, 0.2) is 0 Å². The second-order valence-electron chi connectivity index (χ2n) is 4.71. The van der Waals surface area contributed by atoms with Crippen molar-refractivity contribution in [2.45, 2.75) is 20.1 Å². The number of benzene rings is 1. The first-order chi connectivity index (χ1) is 10.1. The van der Waals surface area contributed by atoms with Crippen LogP contribution in [0.15, 0.2) is 35.1 Å². The Bertz CT molecular complexity index is 760. The van der Waals surface area contributed by atoms with Crippen molar-refractivity contribution in [3.63, 3.8) is 0 Å². The highest BCUT2D eigenvalue weighted by molar-refractivity contribution is 6.31. The zero-order chi connectivity index (χ0) is 15.4. The van der Waals surface area contributed by atoms with E-state index in [1.54, 1.807) is 16.7 Å². The fourth-order valence-electron chi connectivity index (χ4n) is 2.22. The number of rotatable bonds is 4. The Balaban J connectivity index is 2.53. The summed E-state index contributed by atoms with van der Waals surface area (Å²) in [6, 6.07) is 11.1. The van der Waals surface area contributed by atoms with Gasteiger partial charge < -0.3 is 9.30 Å². The molecule has 4 nitrogen and oxygen atoms in total. The molecule has 0 aliphatic carbocycles. The van der Waals surface area contributed by atoms with Crippen LogP contribution >= 0.6 is 11.6 Å². The number of ether oxygens (including phenoxy) is 1. The van der Waals surface area contributed by atoms with E-state index in [1.807, 2.05) is 31.2 Å². The highest BCUT2D eigenvalue weighted by Gasteiger charge is 2.13. The van der Waals surface area contributed by atoms with Crippen molar-refractivity contribution in [1.29, 1.82) is 5.26 Å². The van der Waals surface area contributed by atoms with Crippen molar-refractivity contribution < 1.29 is 4.74 Å². The highest BCUT2D eigenvalue weighted by atomic mass is 35.5. The number of aromatic nitrogens is 1. The molecule has 2 rings (SSSR count). The molecular weight excluding hydrogens is 288 g/mol. The summed E-state index contributed by atoms with van der Waals surface area (Å²) in [4.78, 5) is 12.5. The normalized spacial score (nSPS) is 10.4. The molecule has 0 aliphatic rings. The smallest absolute Gasteiger partial charge is 0.269 e. The van der Waals surface area contributed by atoms with Gasteiger partial charge in [-0.1, -0.05) is 29.8 Å². The summed E-state index contributed by atoms with van der Waals surface area (Å²) in [7, 11) is 1.53. The van der Waals surface area contributed by atoms with E-state index in [-0.39, 0.29) is 17.7 Å². The molecule has 21 heavy (non-hydrogen) atoms.